The summed E-state index contributed by atoms with van der Waals surface area (Å²) >= 11 is 0. The Hall–Kier alpha value is -1.51. The van der Waals surface area contributed by atoms with Gasteiger partial charge in [-0.2, -0.15) is 0 Å². The molecule has 2 atom stereocenters. The largest absolute Gasteiger partial charge is 0.494 e. The maximum absolute atomic E-state index is 10.8. The Morgan fingerprint density at radius 2 is 2.27 bits per heavy atom. The molecule has 1 saturated carbocycles. The summed E-state index contributed by atoms with van der Waals surface area (Å²) in [5.74, 6) is 0.0527. The Morgan fingerprint density at radius 1 is 1.53 bits per heavy atom. The van der Waals surface area contributed by atoms with Crippen LogP contribution < -0.4 is 4.74 Å². The highest BCUT2D eigenvalue weighted by molar-refractivity contribution is 5.75. The highest BCUT2D eigenvalue weighted by atomic mass is 16.5. The molecule has 0 bridgehead atoms. The van der Waals surface area contributed by atoms with Crippen LogP contribution in [0.3, 0.4) is 0 Å². The van der Waals surface area contributed by atoms with E-state index in [4.69, 9.17) is 9.84 Å². The zero-order chi connectivity index (χ0) is 10.8. The normalized spacial score (nSPS) is 23.5. The number of aliphatic carboxylic acids is 1. The summed E-state index contributed by atoms with van der Waals surface area (Å²) in [6.07, 6.45) is 0.736. The van der Waals surface area contributed by atoms with Gasteiger partial charge in [0.2, 0.25) is 0 Å². The van der Waals surface area contributed by atoms with Gasteiger partial charge in [0.25, 0.3) is 0 Å². The van der Waals surface area contributed by atoms with Crippen LogP contribution in [0.1, 0.15) is 24.8 Å². The highest BCUT2D eigenvalue weighted by Gasteiger charge is 2.45. The molecule has 0 heterocycles. The molecule has 0 amide bonds. The van der Waals surface area contributed by atoms with E-state index in [9.17, 15) is 4.79 Å². The number of rotatable bonds is 4. The lowest BCUT2D eigenvalue weighted by Gasteiger charge is -2.08. The van der Waals surface area contributed by atoms with Crippen LogP contribution in [0.5, 0.6) is 5.75 Å². The van der Waals surface area contributed by atoms with Gasteiger partial charge in [-0.1, -0.05) is 18.2 Å². The molecule has 1 aromatic rings. The van der Waals surface area contributed by atoms with Crippen LogP contribution in [-0.4, -0.2) is 17.7 Å². The van der Waals surface area contributed by atoms with Gasteiger partial charge in [-0.05, 0) is 25.0 Å². The van der Waals surface area contributed by atoms with Crippen LogP contribution >= 0.6 is 0 Å². The number of ether oxygens (including phenoxy) is 1. The van der Waals surface area contributed by atoms with E-state index in [-0.39, 0.29) is 11.8 Å². The van der Waals surface area contributed by atoms with Crippen molar-refractivity contribution in [2.45, 2.75) is 19.3 Å². The fraction of sp³-hybridized carbons (Fsp3) is 0.417. The third-order valence-electron chi connectivity index (χ3n) is 2.73. The molecule has 0 aromatic heterocycles. The number of carbonyl (C=O) groups is 1. The van der Waals surface area contributed by atoms with Gasteiger partial charge in [0.15, 0.2) is 0 Å². The predicted molar refractivity (Wildman–Crippen MR) is 56.1 cm³/mol. The van der Waals surface area contributed by atoms with Crippen molar-refractivity contribution in [1.82, 2.24) is 0 Å². The van der Waals surface area contributed by atoms with Crippen molar-refractivity contribution in [3.63, 3.8) is 0 Å². The Balaban J connectivity index is 2.18. The molecule has 1 aliphatic carbocycles. The molecular weight excluding hydrogens is 192 g/mol. The maximum atomic E-state index is 10.8. The molecule has 80 valence electrons. The third-order valence-corrected chi connectivity index (χ3v) is 2.73. The van der Waals surface area contributed by atoms with Gasteiger partial charge < -0.3 is 9.84 Å². The first-order valence-electron chi connectivity index (χ1n) is 5.18. The summed E-state index contributed by atoms with van der Waals surface area (Å²) in [6.45, 7) is 2.54. The summed E-state index contributed by atoms with van der Waals surface area (Å²) in [5, 5.41) is 8.86. The van der Waals surface area contributed by atoms with Crippen molar-refractivity contribution in [3.8, 4) is 5.75 Å². The predicted octanol–water partition coefficient (Wildman–Crippen LogP) is 2.27. The van der Waals surface area contributed by atoms with Gasteiger partial charge in [-0.3, -0.25) is 4.79 Å². The molecule has 15 heavy (non-hydrogen) atoms. The SMILES string of the molecule is CCOc1ccccc1[C@H]1C[C@@H]1C(=O)O. The van der Waals surface area contributed by atoms with Crippen molar-refractivity contribution in [1.29, 1.82) is 0 Å². The number of hydrogen-bond donors (Lipinski definition) is 1. The zero-order valence-electron chi connectivity index (χ0n) is 8.64. The summed E-state index contributed by atoms with van der Waals surface area (Å²) < 4.78 is 5.47. The number of para-hydroxylation sites is 1. The van der Waals surface area contributed by atoms with Crippen molar-refractivity contribution in [2.24, 2.45) is 5.92 Å². The number of carboxylic acid groups (broad SMARTS) is 1. The van der Waals surface area contributed by atoms with E-state index in [2.05, 4.69) is 0 Å². The summed E-state index contributed by atoms with van der Waals surface area (Å²) in [7, 11) is 0. The lowest BCUT2D eigenvalue weighted by atomic mass is 10.1. The monoisotopic (exact) mass is 206 g/mol. The number of hydrogen-bond acceptors (Lipinski definition) is 2. The van der Waals surface area contributed by atoms with Crippen molar-refractivity contribution >= 4 is 5.97 Å². The van der Waals surface area contributed by atoms with E-state index < -0.39 is 5.97 Å². The van der Waals surface area contributed by atoms with E-state index in [1.807, 2.05) is 31.2 Å². The smallest absolute Gasteiger partial charge is 0.307 e. The first-order valence-corrected chi connectivity index (χ1v) is 5.18. The van der Waals surface area contributed by atoms with E-state index in [1.165, 1.54) is 0 Å². The van der Waals surface area contributed by atoms with Gasteiger partial charge in [0.1, 0.15) is 5.75 Å². The van der Waals surface area contributed by atoms with Crippen LogP contribution in [0.15, 0.2) is 24.3 Å². The quantitative estimate of drug-likeness (QED) is 0.822. The van der Waals surface area contributed by atoms with Gasteiger partial charge >= 0.3 is 5.97 Å². The van der Waals surface area contributed by atoms with Crippen LogP contribution in [0.4, 0.5) is 0 Å². The molecule has 0 saturated heterocycles. The molecular formula is C12H14O3. The van der Waals surface area contributed by atoms with Gasteiger partial charge in [-0.25, -0.2) is 0 Å². The minimum absolute atomic E-state index is 0.144. The van der Waals surface area contributed by atoms with E-state index in [0.717, 1.165) is 17.7 Å². The number of benzene rings is 1. The topological polar surface area (TPSA) is 46.5 Å². The number of carboxylic acids is 1. The van der Waals surface area contributed by atoms with Crippen molar-refractivity contribution in [2.75, 3.05) is 6.61 Å². The van der Waals surface area contributed by atoms with Crippen molar-refractivity contribution < 1.29 is 14.6 Å². The highest BCUT2D eigenvalue weighted by Crippen LogP contribution is 2.50. The average molecular weight is 206 g/mol. The molecule has 0 aliphatic heterocycles. The Morgan fingerprint density at radius 3 is 2.87 bits per heavy atom. The summed E-state index contributed by atoms with van der Waals surface area (Å²) in [6, 6.07) is 7.69. The van der Waals surface area contributed by atoms with E-state index in [0.29, 0.717) is 6.61 Å². The molecule has 1 fully saturated rings. The molecule has 1 aromatic carbocycles. The van der Waals surface area contributed by atoms with Crippen molar-refractivity contribution in [3.05, 3.63) is 29.8 Å². The maximum Gasteiger partial charge on any atom is 0.307 e. The van der Waals surface area contributed by atoms with Crippen LogP contribution in [0.25, 0.3) is 0 Å². The molecule has 0 unspecified atom stereocenters. The molecule has 1 N–H and O–H groups in total. The minimum atomic E-state index is -0.702. The Kier molecular flexibility index (Phi) is 2.62. The second-order valence-corrected chi connectivity index (χ2v) is 3.76. The van der Waals surface area contributed by atoms with E-state index in [1.54, 1.807) is 0 Å². The molecule has 3 nitrogen and oxygen atoms in total. The van der Waals surface area contributed by atoms with Crippen LogP contribution in [-0.2, 0) is 4.79 Å². The molecule has 0 spiro atoms. The lowest BCUT2D eigenvalue weighted by Crippen LogP contribution is -2.01. The Bertz CT molecular complexity index is 373. The standard InChI is InChI=1S/C12H14O3/c1-2-15-11-6-4-3-5-8(11)9-7-10(9)12(13)14/h3-6,9-10H,2,7H2,1H3,(H,13,14)/t9-,10+/m1/s1. The molecule has 3 heteroatoms. The average Bonchev–Trinajstić information content (AvgIpc) is 2.99. The van der Waals surface area contributed by atoms with Gasteiger partial charge in [0, 0.05) is 5.92 Å². The lowest BCUT2D eigenvalue weighted by molar-refractivity contribution is -0.138. The first-order chi connectivity index (χ1) is 7.24. The van der Waals surface area contributed by atoms with Crippen LogP contribution in [0, 0.1) is 5.92 Å². The molecule has 2 rings (SSSR count). The van der Waals surface area contributed by atoms with Gasteiger partial charge in [0.05, 0.1) is 12.5 Å². The first kappa shape index (κ1) is 10.0. The fourth-order valence-electron chi connectivity index (χ4n) is 1.89. The summed E-state index contributed by atoms with van der Waals surface area (Å²) in [4.78, 5) is 10.8. The molecule has 0 radical (unpaired) electrons. The zero-order valence-corrected chi connectivity index (χ0v) is 8.64. The third kappa shape index (κ3) is 1.96. The second-order valence-electron chi connectivity index (χ2n) is 3.76. The van der Waals surface area contributed by atoms with E-state index >= 15 is 0 Å². The van der Waals surface area contributed by atoms with Crippen LogP contribution in [0.2, 0.25) is 0 Å². The second kappa shape index (κ2) is 3.93. The molecule has 1 aliphatic rings. The van der Waals surface area contributed by atoms with Gasteiger partial charge in [-0.15, -0.1) is 0 Å². The fourth-order valence-corrected chi connectivity index (χ4v) is 1.89. The minimum Gasteiger partial charge on any atom is -0.494 e. The Labute approximate surface area is 88.7 Å². The summed E-state index contributed by atoms with van der Waals surface area (Å²) in [5.41, 5.74) is 1.03.